The second-order valence-corrected chi connectivity index (χ2v) is 5.06. The lowest BCUT2D eigenvalue weighted by molar-refractivity contribution is 0.171. The Hall–Kier alpha value is -0.120. The van der Waals surface area contributed by atoms with Gasteiger partial charge >= 0.3 is 0 Å². The normalized spacial score (nSPS) is 17.6. The van der Waals surface area contributed by atoms with E-state index in [4.69, 9.17) is 9.84 Å². The molecule has 16 heavy (non-hydrogen) atoms. The first-order valence-electron chi connectivity index (χ1n) is 6.63. The minimum absolute atomic E-state index is 0.341. The molecule has 1 aliphatic carbocycles. The van der Waals surface area contributed by atoms with Crippen LogP contribution >= 0.6 is 0 Å². The molecule has 0 saturated heterocycles. The lowest BCUT2D eigenvalue weighted by Crippen LogP contribution is -2.25. The van der Waals surface area contributed by atoms with Gasteiger partial charge in [-0.05, 0) is 44.1 Å². The van der Waals surface area contributed by atoms with Crippen LogP contribution in [0.15, 0.2) is 0 Å². The fourth-order valence-corrected chi connectivity index (χ4v) is 2.08. The van der Waals surface area contributed by atoms with Gasteiger partial charge in [-0.2, -0.15) is 0 Å². The molecule has 0 unspecified atom stereocenters. The number of ether oxygens (including phenoxy) is 1. The molecule has 0 aromatic heterocycles. The van der Waals surface area contributed by atoms with Crippen molar-refractivity contribution in [2.45, 2.75) is 44.9 Å². The molecule has 0 atom stereocenters. The lowest BCUT2D eigenvalue weighted by atomic mass is 10.0. The Morgan fingerprint density at radius 1 is 1.19 bits per heavy atom. The highest BCUT2D eigenvalue weighted by atomic mass is 16.5. The summed E-state index contributed by atoms with van der Waals surface area (Å²) in [5.41, 5.74) is 0.571. The Balaban J connectivity index is 1.87. The molecule has 0 aromatic carbocycles. The molecule has 0 heterocycles. The summed E-state index contributed by atoms with van der Waals surface area (Å²) in [6.07, 6.45) is 8.53. The average molecular weight is 229 g/mol. The monoisotopic (exact) mass is 229 g/mol. The van der Waals surface area contributed by atoms with Crippen LogP contribution < -0.4 is 5.32 Å². The van der Waals surface area contributed by atoms with Crippen molar-refractivity contribution in [1.29, 1.82) is 0 Å². The van der Waals surface area contributed by atoms with E-state index < -0.39 is 0 Å². The summed E-state index contributed by atoms with van der Waals surface area (Å²) < 4.78 is 5.14. The molecule has 0 bridgehead atoms. The third-order valence-corrected chi connectivity index (χ3v) is 3.56. The van der Waals surface area contributed by atoms with E-state index >= 15 is 0 Å². The SMILES string of the molecule is COCCC1(CNCCCCCCO)CC1. The van der Waals surface area contributed by atoms with Crippen LogP contribution in [0.3, 0.4) is 0 Å². The molecular formula is C13H27NO2. The molecule has 1 aliphatic rings. The number of hydrogen-bond donors (Lipinski definition) is 2. The van der Waals surface area contributed by atoms with Crippen molar-refractivity contribution in [2.75, 3.05) is 33.4 Å². The number of aliphatic hydroxyl groups is 1. The van der Waals surface area contributed by atoms with Crippen molar-refractivity contribution >= 4 is 0 Å². The third kappa shape index (κ3) is 5.83. The van der Waals surface area contributed by atoms with E-state index in [1.807, 2.05) is 0 Å². The number of rotatable bonds is 11. The zero-order valence-corrected chi connectivity index (χ0v) is 10.6. The molecule has 1 saturated carbocycles. The summed E-state index contributed by atoms with van der Waals surface area (Å²) in [5, 5.41) is 12.2. The van der Waals surface area contributed by atoms with Gasteiger partial charge in [-0.25, -0.2) is 0 Å². The number of unbranched alkanes of at least 4 members (excludes halogenated alkanes) is 3. The average Bonchev–Trinajstić information content (AvgIpc) is 3.06. The molecule has 1 rings (SSSR count). The number of nitrogens with one attached hydrogen (secondary N) is 1. The minimum atomic E-state index is 0.341. The van der Waals surface area contributed by atoms with Crippen molar-refractivity contribution in [3.05, 3.63) is 0 Å². The van der Waals surface area contributed by atoms with E-state index in [1.165, 1.54) is 32.1 Å². The summed E-state index contributed by atoms with van der Waals surface area (Å²) in [5.74, 6) is 0. The molecule has 96 valence electrons. The van der Waals surface area contributed by atoms with E-state index in [-0.39, 0.29) is 0 Å². The zero-order chi connectivity index (χ0) is 11.7. The van der Waals surface area contributed by atoms with Gasteiger partial charge in [0, 0.05) is 26.9 Å². The van der Waals surface area contributed by atoms with E-state index in [9.17, 15) is 0 Å². The first-order chi connectivity index (χ1) is 7.83. The number of hydrogen-bond acceptors (Lipinski definition) is 3. The van der Waals surface area contributed by atoms with Crippen molar-refractivity contribution in [1.82, 2.24) is 5.32 Å². The summed E-state index contributed by atoms with van der Waals surface area (Å²) >= 11 is 0. The van der Waals surface area contributed by atoms with Gasteiger partial charge in [0.25, 0.3) is 0 Å². The Bertz CT molecular complexity index is 169. The van der Waals surface area contributed by atoms with Gasteiger partial charge in [-0.3, -0.25) is 0 Å². The zero-order valence-electron chi connectivity index (χ0n) is 10.6. The van der Waals surface area contributed by atoms with Gasteiger partial charge in [-0.15, -0.1) is 0 Å². The molecule has 0 spiro atoms. The second-order valence-electron chi connectivity index (χ2n) is 5.06. The van der Waals surface area contributed by atoms with Gasteiger partial charge in [-0.1, -0.05) is 12.8 Å². The maximum absolute atomic E-state index is 8.64. The van der Waals surface area contributed by atoms with Gasteiger partial charge in [0.1, 0.15) is 0 Å². The number of methoxy groups -OCH3 is 1. The smallest absolute Gasteiger partial charge is 0.0468 e. The molecule has 3 nitrogen and oxygen atoms in total. The molecule has 0 aromatic rings. The topological polar surface area (TPSA) is 41.5 Å². The van der Waals surface area contributed by atoms with Crippen LogP contribution in [-0.2, 0) is 4.74 Å². The molecule has 3 heteroatoms. The largest absolute Gasteiger partial charge is 0.396 e. The molecule has 0 amide bonds. The van der Waals surface area contributed by atoms with Crippen LogP contribution in [0.4, 0.5) is 0 Å². The molecule has 0 radical (unpaired) electrons. The van der Waals surface area contributed by atoms with Crippen molar-refractivity contribution in [3.63, 3.8) is 0 Å². The standard InChI is InChI=1S/C13H27NO2/c1-16-11-8-13(6-7-13)12-14-9-4-2-3-5-10-15/h14-15H,2-12H2,1H3. The molecular weight excluding hydrogens is 202 g/mol. The first-order valence-corrected chi connectivity index (χ1v) is 6.63. The van der Waals surface area contributed by atoms with E-state index in [0.717, 1.165) is 32.5 Å². The van der Waals surface area contributed by atoms with Crippen LogP contribution in [0.1, 0.15) is 44.9 Å². The lowest BCUT2D eigenvalue weighted by Gasteiger charge is -2.15. The highest BCUT2D eigenvalue weighted by Gasteiger charge is 2.41. The van der Waals surface area contributed by atoms with Crippen LogP contribution in [0.2, 0.25) is 0 Å². The maximum Gasteiger partial charge on any atom is 0.0468 e. The van der Waals surface area contributed by atoms with Crippen LogP contribution in [0.5, 0.6) is 0 Å². The number of aliphatic hydroxyl groups excluding tert-OH is 1. The maximum atomic E-state index is 8.64. The van der Waals surface area contributed by atoms with Gasteiger partial charge < -0.3 is 15.2 Å². The summed E-state index contributed by atoms with van der Waals surface area (Å²) in [7, 11) is 1.78. The van der Waals surface area contributed by atoms with Crippen LogP contribution in [-0.4, -0.2) is 38.5 Å². The summed E-state index contributed by atoms with van der Waals surface area (Å²) in [6.45, 7) is 3.53. The Labute approximate surface area is 99.6 Å². The Morgan fingerprint density at radius 2 is 1.94 bits per heavy atom. The Morgan fingerprint density at radius 3 is 2.56 bits per heavy atom. The fraction of sp³-hybridized carbons (Fsp3) is 1.00. The Kier molecular flexibility index (Phi) is 7.01. The highest BCUT2D eigenvalue weighted by molar-refractivity contribution is 4.94. The van der Waals surface area contributed by atoms with Crippen molar-refractivity contribution < 1.29 is 9.84 Å². The highest BCUT2D eigenvalue weighted by Crippen LogP contribution is 2.48. The predicted molar refractivity (Wildman–Crippen MR) is 66.6 cm³/mol. The van der Waals surface area contributed by atoms with E-state index in [0.29, 0.717) is 12.0 Å². The van der Waals surface area contributed by atoms with Crippen LogP contribution in [0, 0.1) is 5.41 Å². The molecule has 2 N–H and O–H groups in total. The van der Waals surface area contributed by atoms with Gasteiger partial charge in [0.15, 0.2) is 0 Å². The van der Waals surface area contributed by atoms with Crippen LogP contribution in [0.25, 0.3) is 0 Å². The van der Waals surface area contributed by atoms with E-state index in [1.54, 1.807) is 7.11 Å². The minimum Gasteiger partial charge on any atom is -0.396 e. The first kappa shape index (κ1) is 13.9. The summed E-state index contributed by atoms with van der Waals surface area (Å²) in [4.78, 5) is 0. The second kappa shape index (κ2) is 8.04. The van der Waals surface area contributed by atoms with E-state index in [2.05, 4.69) is 5.32 Å². The molecule has 1 fully saturated rings. The third-order valence-electron chi connectivity index (χ3n) is 3.56. The van der Waals surface area contributed by atoms with Crippen molar-refractivity contribution in [3.8, 4) is 0 Å². The van der Waals surface area contributed by atoms with Gasteiger partial charge in [0.05, 0.1) is 0 Å². The fourth-order valence-electron chi connectivity index (χ4n) is 2.08. The van der Waals surface area contributed by atoms with Crippen molar-refractivity contribution in [2.24, 2.45) is 5.41 Å². The summed E-state index contributed by atoms with van der Waals surface area (Å²) in [6, 6.07) is 0. The molecule has 0 aliphatic heterocycles. The quantitative estimate of drug-likeness (QED) is 0.532. The predicted octanol–water partition coefficient (Wildman–Crippen LogP) is 1.95. The van der Waals surface area contributed by atoms with Gasteiger partial charge in [0.2, 0.25) is 0 Å².